The fourth-order valence-electron chi connectivity index (χ4n) is 3.32. The molecule has 0 N–H and O–H groups in total. The molecule has 3 rings (SSSR count). The summed E-state index contributed by atoms with van der Waals surface area (Å²) in [6, 6.07) is 9.99. The lowest BCUT2D eigenvalue weighted by Crippen LogP contribution is -2.45. The summed E-state index contributed by atoms with van der Waals surface area (Å²) in [6.07, 6.45) is 4.15. The molecule has 0 saturated carbocycles. The Bertz CT molecular complexity index is 773. The van der Waals surface area contributed by atoms with Crippen LogP contribution in [0.25, 0.3) is 10.6 Å². The molecule has 1 amide bonds. The zero-order chi connectivity index (χ0) is 18.5. The maximum atomic E-state index is 12.5. The number of piperidine rings is 1. The summed E-state index contributed by atoms with van der Waals surface area (Å²) in [5.41, 5.74) is 1.60. The number of carbonyl (C=O) groups is 2. The van der Waals surface area contributed by atoms with E-state index in [4.69, 9.17) is 4.74 Å². The molecule has 1 atom stereocenters. The van der Waals surface area contributed by atoms with Gasteiger partial charge in [0.25, 0.3) is 5.91 Å². The van der Waals surface area contributed by atoms with Crippen molar-refractivity contribution in [1.29, 1.82) is 0 Å². The average molecular weight is 372 g/mol. The summed E-state index contributed by atoms with van der Waals surface area (Å²) in [6.45, 7) is 4.44. The molecule has 1 aromatic heterocycles. The highest BCUT2D eigenvalue weighted by molar-refractivity contribution is 7.17. The van der Waals surface area contributed by atoms with Crippen LogP contribution in [0, 0.1) is 6.92 Å². The fourth-order valence-corrected chi connectivity index (χ4v) is 4.28. The third kappa shape index (κ3) is 4.12. The van der Waals surface area contributed by atoms with Crippen molar-refractivity contribution in [2.75, 3.05) is 13.2 Å². The number of hydrogen-bond acceptors (Lipinski definition) is 5. The number of amides is 1. The lowest BCUT2D eigenvalue weighted by molar-refractivity contribution is -0.138. The number of rotatable bonds is 5. The van der Waals surface area contributed by atoms with Crippen molar-refractivity contribution in [2.24, 2.45) is 0 Å². The Morgan fingerprint density at radius 3 is 2.77 bits per heavy atom. The molecule has 1 saturated heterocycles. The van der Waals surface area contributed by atoms with Gasteiger partial charge in [-0.05, 0) is 32.6 Å². The fraction of sp³-hybridized carbons (Fsp3) is 0.450. The van der Waals surface area contributed by atoms with Gasteiger partial charge in [0.05, 0.1) is 5.69 Å². The van der Waals surface area contributed by atoms with Crippen molar-refractivity contribution in [3.63, 3.8) is 0 Å². The molecule has 0 unspecified atom stereocenters. The molecule has 1 aliphatic rings. The lowest BCUT2D eigenvalue weighted by Gasteiger charge is -2.35. The van der Waals surface area contributed by atoms with Gasteiger partial charge in [0, 0.05) is 18.2 Å². The number of benzene rings is 1. The number of hydrogen-bond donors (Lipinski definition) is 0. The Morgan fingerprint density at radius 1 is 1.27 bits per heavy atom. The first kappa shape index (κ1) is 18.6. The topological polar surface area (TPSA) is 59.5 Å². The maximum absolute atomic E-state index is 12.5. The quantitative estimate of drug-likeness (QED) is 0.743. The molecular weight excluding hydrogens is 348 g/mol. The Morgan fingerprint density at radius 2 is 2.04 bits per heavy atom. The number of carbonyl (C=O) groups excluding carboxylic acids is 2. The zero-order valence-corrected chi connectivity index (χ0v) is 16.1. The van der Waals surface area contributed by atoms with Crippen LogP contribution in [0.2, 0.25) is 0 Å². The van der Waals surface area contributed by atoms with E-state index >= 15 is 0 Å². The number of aryl methyl sites for hydroxylation is 1. The Hall–Kier alpha value is -2.21. The molecule has 2 aromatic rings. The number of likely N-dealkylation sites (tertiary alicyclic amines) is 1. The molecule has 1 aliphatic heterocycles. The summed E-state index contributed by atoms with van der Waals surface area (Å²) >= 11 is 1.30. The highest BCUT2D eigenvalue weighted by atomic mass is 32.1. The first-order valence-corrected chi connectivity index (χ1v) is 9.91. The van der Waals surface area contributed by atoms with Gasteiger partial charge in [-0.25, -0.2) is 9.78 Å². The number of thiazole rings is 1. The molecule has 0 radical (unpaired) electrons. The Kier molecular flexibility index (Phi) is 6.04. The monoisotopic (exact) mass is 372 g/mol. The van der Waals surface area contributed by atoms with Crippen molar-refractivity contribution < 1.29 is 14.3 Å². The second-order valence-electron chi connectivity index (χ2n) is 6.52. The largest absolute Gasteiger partial charge is 0.451 e. The molecule has 6 heteroatoms. The van der Waals surface area contributed by atoms with Gasteiger partial charge < -0.3 is 9.64 Å². The Balaban J connectivity index is 1.63. The highest BCUT2D eigenvalue weighted by Gasteiger charge is 2.26. The van der Waals surface area contributed by atoms with Crippen molar-refractivity contribution in [2.45, 2.75) is 45.6 Å². The molecule has 1 aromatic carbocycles. The third-order valence-electron chi connectivity index (χ3n) is 4.75. The van der Waals surface area contributed by atoms with Gasteiger partial charge in [-0.1, -0.05) is 37.3 Å². The van der Waals surface area contributed by atoms with Crippen molar-refractivity contribution in [1.82, 2.24) is 9.88 Å². The number of nitrogens with zero attached hydrogens (tertiary/aromatic N) is 2. The van der Waals surface area contributed by atoms with E-state index in [0.29, 0.717) is 10.6 Å². The summed E-state index contributed by atoms with van der Waals surface area (Å²) in [4.78, 5) is 31.7. The molecule has 1 fully saturated rings. The van der Waals surface area contributed by atoms with E-state index < -0.39 is 5.97 Å². The van der Waals surface area contributed by atoms with E-state index in [-0.39, 0.29) is 18.6 Å². The lowest BCUT2D eigenvalue weighted by atomic mass is 10.00. The van der Waals surface area contributed by atoms with Crippen LogP contribution in [-0.2, 0) is 9.53 Å². The first-order valence-electron chi connectivity index (χ1n) is 9.09. The van der Waals surface area contributed by atoms with Crippen molar-refractivity contribution in [3.05, 3.63) is 40.9 Å². The minimum absolute atomic E-state index is 0.102. The SMILES string of the molecule is CC[C@H]1CCCCN1C(=O)COC(=O)c1sc(-c2ccccc2)nc1C. The second kappa shape index (κ2) is 8.45. The molecule has 138 valence electrons. The van der Waals surface area contributed by atoms with E-state index in [9.17, 15) is 9.59 Å². The molecule has 0 aliphatic carbocycles. The van der Waals surface area contributed by atoms with Gasteiger partial charge in [0.2, 0.25) is 0 Å². The molecular formula is C20H24N2O3S. The molecule has 2 heterocycles. The first-order chi connectivity index (χ1) is 12.6. The van der Waals surface area contributed by atoms with Crippen LogP contribution in [0.1, 0.15) is 48.0 Å². The van der Waals surface area contributed by atoms with Gasteiger partial charge in [0.1, 0.15) is 9.88 Å². The zero-order valence-electron chi connectivity index (χ0n) is 15.2. The standard InChI is InChI=1S/C20H24N2O3S/c1-3-16-11-7-8-12-22(16)17(23)13-25-20(24)18-14(2)21-19(26-18)15-9-5-4-6-10-15/h4-6,9-10,16H,3,7-8,11-13H2,1-2H3/t16-/m0/s1. The summed E-state index contributed by atoms with van der Waals surface area (Å²) < 4.78 is 5.31. The van der Waals surface area contributed by atoms with Gasteiger partial charge in [-0.2, -0.15) is 0 Å². The number of aromatic nitrogens is 1. The van der Waals surface area contributed by atoms with E-state index in [1.165, 1.54) is 11.3 Å². The van der Waals surface area contributed by atoms with Crippen LogP contribution in [0.3, 0.4) is 0 Å². The Labute approximate surface area is 158 Å². The number of ether oxygens (including phenoxy) is 1. The van der Waals surface area contributed by atoms with Gasteiger partial charge in [-0.3, -0.25) is 4.79 Å². The molecule has 0 spiro atoms. The maximum Gasteiger partial charge on any atom is 0.350 e. The minimum atomic E-state index is -0.472. The van der Waals surface area contributed by atoms with Crippen LogP contribution in [0.4, 0.5) is 0 Å². The summed E-state index contributed by atoms with van der Waals surface area (Å²) in [5, 5.41) is 0.781. The van der Waals surface area contributed by atoms with Crippen molar-refractivity contribution in [3.8, 4) is 10.6 Å². The molecule has 26 heavy (non-hydrogen) atoms. The van der Waals surface area contributed by atoms with Crippen LogP contribution in [0.15, 0.2) is 30.3 Å². The summed E-state index contributed by atoms with van der Waals surface area (Å²) in [7, 11) is 0. The van der Waals surface area contributed by atoms with Crippen LogP contribution in [0.5, 0.6) is 0 Å². The number of esters is 1. The predicted molar refractivity (Wildman–Crippen MR) is 102 cm³/mol. The van der Waals surface area contributed by atoms with E-state index in [1.807, 2.05) is 35.2 Å². The predicted octanol–water partition coefficient (Wildman–Crippen LogP) is 4.07. The van der Waals surface area contributed by atoms with E-state index in [0.717, 1.165) is 42.8 Å². The van der Waals surface area contributed by atoms with Gasteiger partial charge in [-0.15, -0.1) is 11.3 Å². The van der Waals surface area contributed by atoms with Gasteiger partial charge >= 0.3 is 5.97 Å². The average Bonchev–Trinajstić information content (AvgIpc) is 3.08. The third-order valence-corrected chi connectivity index (χ3v) is 5.93. The second-order valence-corrected chi connectivity index (χ2v) is 7.52. The van der Waals surface area contributed by atoms with Crippen LogP contribution < -0.4 is 0 Å². The summed E-state index contributed by atoms with van der Waals surface area (Å²) in [5.74, 6) is -0.573. The van der Waals surface area contributed by atoms with Crippen LogP contribution in [-0.4, -0.2) is 41.0 Å². The van der Waals surface area contributed by atoms with Crippen molar-refractivity contribution >= 4 is 23.2 Å². The normalized spacial score (nSPS) is 17.2. The van der Waals surface area contributed by atoms with E-state index in [2.05, 4.69) is 11.9 Å². The highest BCUT2D eigenvalue weighted by Crippen LogP contribution is 2.28. The molecule has 5 nitrogen and oxygen atoms in total. The molecule has 0 bridgehead atoms. The van der Waals surface area contributed by atoms with E-state index in [1.54, 1.807) is 6.92 Å². The minimum Gasteiger partial charge on any atom is -0.451 e. The smallest absolute Gasteiger partial charge is 0.350 e. The van der Waals surface area contributed by atoms with Gasteiger partial charge in [0.15, 0.2) is 6.61 Å². The van der Waals surface area contributed by atoms with Crippen LogP contribution >= 0.6 is 11.3 Å².